The number of aromatic amines is 1. The Balaban J connectivity index is 1.81. The number of nitrogens with zero attached hydrogens (tertiary/aromatic N) is 4. The molecule has 146 valence electrons. The highest BCUT2D eigenvalue weighted by molar-refractivity contribution is 5.92. The zero-order valence-electron chi connectivity index (χ0n) is 15.9. The third-order valence-corrected chi connectivity index (χ3v) is 4.09. The third kappa shape index (κ3) is 4.44. The normalized spacial score (nSPS) is 11.8. The molecule has 0 bridgehead atoms. The molecule has 2 N–H and O–H groups in total. The molecular formula is C19H22N6O3. The van der Waals surface area contributed by atoms with E-state index in [2.05, 4.69) is 20.4 Å². The van der Waals surface area contributed by atoms with E-state index in [1.807, 2.05) is 36.5 Å². The molecule has 0 fully saturated rings. The van der Waals surface area contributed by atoms with Crippen LogP contribution in [0.5, 0.6) is 0 Å². The van der Waals surface area contributed by atoms with Crippen molar-refractivity contribution in [1.29, 1.82) is 0 Å². The molecule has 3 rings (SSSR count). The topological polar surface area (TPSA) is 105 Å². The standard InChI is InChI=1S/C19H22N6O3/c1-24(2)19-22-15(11-17(26)23-19)18(27)21-16(12-28-3)13-5-7-14(8-6-13)25-10-4-9-20-25/h4-11,16H,12H2,1-3H3,(H,21,27)(H,22,23,26). The first-order chi connectivity index (χ1) is 13.5. The van der Waals surface area contributed by atoms with Crippen molar-refractivity contribution in [3.05, 3.63) is 70.4 Å². The largest absolute Gasteiger partial charge is 0.382 e. The first-order valence-corrected chi connectivity index (χ1v) is 8.66. The zero-order valence-corrected chi connectivity index (χ0v) is 15.9. The van der Waals surface area contributed by atoms with Crippen LogP contribution in [0.1, 0.15) is 22.1 Å². The number of amides is 1. The van der Waals surface area contributed by atoms with Crippen molar-refractivity contribution in [2.75, 3.05) is 32.7 Å². The number of benzene rings is 1. The molecule has 9 heteroatoms. The summed E-state index contributed by atoms with van der Waals surface area (Å²) in [6.07, 6.45) is 3.56. The number of aromatic nitrogens is 4. The molecule has 1 atom stereocenters. The van der Waals surface area contributed by atoms with Gasteiger partial charge in [-0.1, -0.05) is 12.1 Å². The molecule has 1 aromatic carbocycles. The Morgan fingerprint density at radius 3 is 2.68 bits per heavy atom. The molecule has 2 aromatic heterocycles. The van der Waals surface area contributed by atoms with Gasteiger partial charge in [-0.2, -0.15) is 5.10 Å². The molecule has 28 heavy (non-hydrogen) atoms. The van der Waals surface area contributed by atoms with Crippen molar-refractivity contribution >= 4 is 11.9 Å². The number of hydrogen-bond donors (Lipinski definition) is 2. The van der Waals surface area contributed by atoms with Crippen LogP contribution in [0.25, 0.3) is 5.69 Å². The number of ether oxygens (including phenoxy) is 1. The van der Waals surface area contributed by atoms with E-state index in [0.717, 1.165) is 11.3 Å². The second-order valence-corrected chi connectivity index (χ2v) is 6.37. The lowest BCUT2D eigenvalue weighted by atomic mass is 10.1. The second-order valence-electron chi connectivity index (χ2n) is 6.37. The van der Waals surface area contributed by atoms with E-state index in [1.54, 1.807) is 37.0 Å². The first-order valence-electron chi connectivity index (χ1n) is 8.66. The van der Waals surface area contributed by atoms with Crippen LogP contribution in [0.15, 0.2) is 53.6 Å². The predicted octanol–water partition coefficient (Wildman–Crippen LogP) is 1.14. The number of H-pyrrole nitrogens is 1. The number of carbonyl (C=O) groups excluding carboxylic acids is 1. The van der Waals surface area contributed by atoms with E-state index < -0.39 is 17.5 Å². The van der Waals surface area contributed by atoms with Crippen LogP contribution in [0, 0.1) is 0 Å². The fraction of sp³-hybridized carbons (Fsp3) is 0.263. The number of rotatable bonds is 7. The van der Waals surface area contributed by atoms with Gasteiger partial charge in [0.15, 0.2) is 0 Å². The third-order valence-electron chi connectivity index (χ3n) is 4.09. The lowest BCUT2D eigenvalue weighted by Gasteiger charge is -2.19. The molecule has 1 amide bonds. The Bertz CT molecular complexity index is 980. The summed E-state index contributed by atoms with van der Waals surface area (Å²) in [4.78, 5) is 32.9. The van der Waals surface area contributed by atoms with E-state index in [0.29, 0.717) is 5.95 Å². The molecule has 0 aliphatic carbocycles. The summed E-state index contributed by atoms with van der Waals surface area (Å²) in [6, 6.07) is 10.2. The summed E-state index contributed by atoms with van der Waals surface area (Å²) >= 11 is 0. The van der Waals surface area contributed by atoms with Gasteiger partial charge in [-0.25, -0.2) is 9.67 Å². The van der Waals surface area contributed by atoms with E-state index in [4.69, 9.17) is 4.74 Å². The van der Waals surface area contributed by atoms with Gasteiger partial charge in [0, 0.05) is 39.7 Å². The van der Waals surface area contributed by atoms with Crippen molar-refractivity contribution in [2.45, 2.75) is 6.04 Å². The smallest absolute Gasteiger partial charge is 0.270 e. The summed E-state index contributed by atoms with van der Waals surface area (Å²) < 4.78 is 7.00. The van der Waals surface area contributed by atoms with Crippen LogP contribution in [-0.2, 0) is 4.74 Å². The molecule has 0 spiro atoms. The van der Waals surface area contributed by atoms with Gasteiger partial charge in [-0.3, -0.25) is 14.6 Å². The summed E-state index contributed by atoms with van der Waals surface area (Å²) in [5, 5.41) is 7.07. The van der Waals surface area contributed by atoms with Crippen LogP contribution in [0.3, 0.4) is 0 Å². The van der Waals surface area contributed by atoms with Gasteiger partial charge in [-0.15, -0.1) is 0 Å². The van der Waals surface area contributed by atoms with Gasteiger partial charge in [-0.05, 0) is 23.8 Å². The minimum Gasteiger partial charge on any atom is -0.382 e. The Morgan fingerprint density at radius 2 is 2.07 bits per heavy atom. The van der Waals surface area contributed by atoms with Crippen LogP contribution in [0.2, 0.25) is 0 Å². The molecule has 0 saturated heterocycles. The first kappa shape index (κ1) is 19.3. The number of carbonyl (C=O) groups is 1. The molecule has 0 saturated carbocycles. The molecule has 2 heterocycles. The van der Waals surface area contributed by atoms with Gasteiger partial charge >= 0.3 is 0 Å². The minimum atomic E-state index is -0.451. The van der Waals surface area contributed by atoms with Crippen LogP contribution in [-0.4, -0.2) is 53.5 Å². The van der Waals surface area contributed by atoms with Gasteiger partial charge in [0.2, 0.25) is 5.95 Å². The molecule has 1 unspecified atom stereocenters. The maximum Gasteiger partial charge on any atom is 0.270 e. The highest BCUT2D eigenvalue weighted by Crippen LogP contribution is 2.17. The summed E-state index contributed by atoms with van der Waals surface area (Å²) in [6.45, 7) is 0.274. The van der Waals surface area contributed by atoms with Crippen LogP contribution >= 0.6 is 0 Å². The van der Waals surface area contributed by atoms with E-state index in [1.165, 1.54) is 6.07 Å². The zero-order chi connectivity index (χ0) is 20.1. The number of anilines is 1. The van der Waals surface area contributed by atoms with Crippen molar-refractivity contribution in [3.8, 4) is 5.69 Å². The van der Waals surface area contributed by atoms with Crippen LogP contribution in [0.4, 0.5) is 5.95 Å². The minimum absolute atomic E-state index is 0.0433. The Morgan fingerprint density at radius 1 is 1.32 bits per heavy atom. The highest BCUT2D eigenvalue weighted by Gasteiger charge is 2.18. The molecule has 0 aliphatic heterocycles. The van der Waals surface area contributed by atoms with E-state index >= 15 is 0 Å². The monoisotopic (exact) mass is 382 g/mol. The fourth-order valence-corrected chi connectivity index (χ4v) is 2.67. The summed E-state index contributed by atoms with van der Waals surface area (Å²) in [5.41, 5.74) is 1.42. The molecule has 0 radical (unpaired) electrons. The SMILES string of the molecule is COCC(NC(=O)c1cc(=O)[nH]c(N(C)C)n1)c1ccc(-n2cccn2)cc1. The number of methoxy groups -OCH3 is 1. The maximum absolute atomic E-state index is 12.7. The molecular weight excluding hydrogens is 360 g/mol. The van der Waals surface area contributed by atoms with E-state index in [9.17, 15) is 9.59 Å². The average Bonchev–Trinajstić information content (AvgIpc) is 3.22. The second kappa shape index (κ2) is 8.49. The summed E-state index contributed by atoms with van der Waals surface area (Å²) in [5.74, 6) is -0.142. The van der Waals surface area contributed by atoms with Crippen molar-refractivity contribution in [2.24, 2.45) is 0 Å². The van der Waals surface area contributed by atoms with Gasteiger partial charge < -0.3 is 15.0 Å². The highest BCUT2D eigenvalue weighted by atomic mass is 16.5. The van der Waals surface area contributed by atoms with Gasteiger partial charge in [0.05, 0.1) is 18.3 Å². The fourth-order valence-electron chi connectivity index (χ4n) is 2.67. The van der Waals surface area contributed by atoms with Gasteiger partial charge in [0.25, 0.3) is 11.5 Å². The Hall–Kier alpha value is -3.46. The quantitative estimate of drug-likeness (QED) is 0.635. The average molecular weight is 382 g/mol. The molecule has 9 nitrogen and oxygen atoms in total. The Kier molecular flexibility index (Phi) is 5.85. The van der Waals surface area contributed by atoms with Crippen molar-refractivity contribution in [1.82, 2.24) is 25.1 Å². The predicted molar refractivity (Wildman–Crippen MR) is 105 cm³/mol. The molecule has 0 aliphatic rings. The lowest BCUT2D eigenvalue weighted by Crippen LogP contribution is -2.33. The van der Waals surface area contributed by atoms with Crippen molar-refractivity contribution in [3.63, 3.8) is 0 Å². The maximum atomic E-state index is 12.7. The summed E-state index contributed by atoms with van der Waals surface area (Å²) in [7, 11) is 5.02. The van der Waals surface area contributed by atoms with E-state index in [-0.39, 0.29) is 12.3 Å². The number of hydrogen-bond acceptors (Lipinski definition) is 6. The number of nitrogens with one attached hydrogen (secondary N) is 2. The lowest BCUT2D eigenvalue weighted by molar-refractivity contribution is 0.0891. The van der Waals surface area contributed by atoms with Crippen molar-refractivity contribution < 1.29 is 9.53 Å². The Labute approximate surface area is 162 Å². The van der Waals surface area contributed by atoms with Crippen LogP contribution < -0.4 is 15.8 Å². The van der Waals surface area contributed by atoms with Gasteiger partial charge in [0.1, 0.15) is 5.69 Å². The molecule has 3 aromatic rings.